The van der Waals surface area contributed by atoms with E-state index >= 15 is 0 Å². The number of carbonyl (C=O) groups excluding carboxylic acids is 2. The molecule has 2 rings (SSSR count). The van der Waals surface area contributed by atoms with Gasteiger partial charge in [0.1, 0.15) is 15.6 Å². The lowest BCUT2D eigenvalue weighted by molar-refractivity contribution is -0.125. The second-order valence-electron chi connectivity index (χ2n) is 8.13. The number of anilines is 1. The molecule has 0 aliphatic carbocycles. The molecule has 158 valence electrons. The predicted molar refractivity (Wildman–Crippen MR) is 106 cm³/mol. The van der Waals surface area contributed by atoms with E-state index in [0.29, 0.717) is 43.9 Å². The van der Waals surface area contributed by atoms with Crippen molar-refractivity contribution in [1.82, 2.24) is 15.8 Å². The number of hydrogen-bond donors (Lipinski definition) is 3. The van der Waals surface area contributed by atoms with Gasteiger partial charge in [-0.3, -0.25) is 10.1 Å². The fraction of sp³-hybridized carbons (Fsp3) is 0.722. The third-order valence-electron chi connectivity index (χ3n) is 4.60. The van der Waals surface area contributed by atoms with E-state index in [9.17, 15) is 18.0 Å². The van der Waals surface area contributed by atoms with Crippen molar-refractivity contribution < 1.29 is 22.5 Å². The molecule has 10 heteroatoms. The van der Waals surface area contributed by atoms with Crippen LogP contribution in [0.4, 0.5) is 10.6 Å². The second kappa shape index (κ2) is 9.40. The molecule has 0 saturated carbocycles. The van der Waals surface area contributed by atoms with E-state index < -0.39 is 9.84 Å². The zero-order chi connectivity index (χ0) is 20.8. The quantitative estimate of drug-likeness (QED) is 0.583. The molecular weight excluding hydrogens is 384 g/mol. The van der Waals surface area contributed by atoms with Gasteiger partial charge in [0.25, 0.3) is 0 Å². The van der Waals surface area contributed by atoms with E-state index in [1.165, 1.54) is 0 Å². The SMILES string of the molecule is CC(C)(C)c1cc(NC(=O)NCCCCNC(=O)C2CCS(=O)(=O)CC2)no1. The summed E-state index contributed by atoms with van der Waals surface area (Å²) < 4.78 is 28.0. The Morgan fingerprint density at radius 2 is 1.75 bits per heavy atom. The van der Waals surface area contributed by atoms with Crippen molar-refractivity contribution in [3.8, 4) is 0 Å². The highest BCUT2D eigenvalue weighted by Gasteiger charge is 2.28. The van der Waals surface area contributed by atoms with Crippen LogP contribution in [0.25, 0.3) is 0 Å². The molecule has 1 aliphatic heterocycles. The fourth-order valence-electron chi connectivity index (χ4n) is 2.81. The van der Waals surface area contributed by atoms with Gasteiger partial charge in [0.2, 0.25) is 5.91 Å². The van der Waals surface area contributed by atoms with Crippen LogP contribution >= 0.6 is 0 Å². The monoisotopic (exact) mass is 414 g/mol. The molecule has 0 radical (unpaired) electrons. The molecule has 1 aromatic rings. The summed E-state index contributed by atoms with van der Waals surface area (Å²) in [5.41, 5.74) is -0.181. The van der Waals surface area contributed by atoms with Gasteiger partial charge in [-0.2, -0.15) is 0 Å². The van der Waals surface area contributed by atoms with E-state index in [4.69, 9.17) is 4.52 Å². The molecule has 28 heavy (non-hydrogen) atoms. The van der Waals surface area contributed by atoms with Gasteiger partial charge in [-0.25, -0.2) is 13.2 Å². The third-order valence-corrected chi connectivity index (χ3v) is 6.32. The maximum absolute atomic E-state index is 12.0. The van der Waals surface area contributed by atoms with Crippen LogP contribution in [0.15, 0.2) is 10.6 Å². The maximum atomic E-state index is 12.0. The van der Waals surface area contributed by atoms with Crippen molar-refractivity contribution in [2.45, 2.75) is 51.9 Å². The highest BCUT2D eigenvalue weighted by Crippen LogP contribution is 2.24. The summed E-state index contributed by atoms with van der Waals surface area (Å²) in [7, 11) is -2.96. The van der Waals surface area contributed by atoms with Crippen LogP contribution in [0.3, 0.4) is 0 Å². The fourth-order valence-corrected chi connectivity index (χ4v) is 4.30. The van der Waals surface area contributed by atoms with E-state index in [-0.39, 0.29) is 34.8 Å². The lowest BCUT2D eigenvalue weighted by Crippen LogP contribution is -2.37. The van der Waals surface area contributed by atoms with Crippen LogP contribution < -0.4 is 16.0 Å². The van der Waals surface area contributed by atoms with Crippen molar-refractivity contribution in [3.05, 3.63) is 11.8 Å². The minimum absolute atomic E-state index is 0.0821. The lowest BCUT2D eigenvalue weighted by Gasteiger charge is -2.21. The molecule has 0 unspecified atom stereocenters. The van der Waals surface area contributed by atoms with Crippen molar-refractivity contribution in [2.75, 3.05) is 29.9 Å². The van der Waals surface area contributed by atoms with Gasteiger partial charge >= 0.3 is 6.03 Å². The first-order valence-electron chi connectivity index (χ1n) is 9.57. The summed E-state index contributed by atoms with van der Waals surface area (Å²) in [6.07, 6.45) is 2.22. The minimum Gasteiger partial charge on any atom is -0.359 e. The van der Waals surface area contributed by atoms with Gasteiger partial charge in [-0.15, -0.1) is 0 Å². The zero-order valence-electron chi connectivity index (χ0n) is 16.7. The number of carbonyl (C=O) groups is 2. The van der Waals surface area contributed by atoms with Crippen molar-refractivity contribution in [2.24, 2.45) is 5.92 Å². The Bertz CT molecular complexity index is 768. The molecule has 3 amide bonds. The number of rotatable bonds is 7. The average Bonchev–Trinajstić information content (AvgIpc) is 3.06. The van der Waals surface area contributed by atoms with E-state index in [1.54, 1.807) is 6.07 Å². The van der Waals surface area contributed by atoms with E-state index in [2.05, 4.69) is 21.1 Å². The standard InChI is InChI=1S/C18H30N4O5S/c1-18(2,3)14-12-15(22-27-14)21-17(24)20-9-5-4-8-19-16(23)13-6-10-28(25,26)11-7-13/h12-13H,4-11H2,1-3H3,(H,19,23)(H2,20,21,22,24). The first-order valence-corrected chi connectivity index (χ1v) is 11.4. The number of sulfone groups is 1. The molecule has 0 atom stereocenters. The first-order chi connectivity index (χ1) is 13.1. The van der Waals surface area contributed by atoms with Crippen molar-refractivity contribution >= 4 is 27.6 Å². The molecule has 1 aliphatic rings. The average molecular weight is 415 g/mol. The molecule has 9 nitrogen and oxygen atoms in total. The number of hydrogen-bond acceptors (Lipinski definition) is 6. The van der Waals surface area contributed by atoms with Crippen LogP contribution in [0.1, 0.15) is 52.2 Å². The molecule has 3 N–H and O–H groups in total. The van der Waals surface area contributed by atoms with Crippen LogP contribution in [-0.4, -0.2) is 50.1 Å². The summed E-state index contributed by atoms with van der Waals surface area (Å²) in [6.45, 7) is 6.95. The van der Waals surface area contributed by atoms with Gasteiger partial charge in [0.05, 0.1) is 11.5 Å². The molecule has 1 fully saturated rings. The molecule has 1 saturated heterocycles. The molecule has 0 spiro atoms. The Hall–Kier alpha value is -2.10. The van der Waals surface area contributed by atoms with Gasteiger partial charge in [-0.1, -0.05) is 25.9 Å². The Kier molecular flexibility index (Phi) is 7.45. The topological polar surface area (TPSA) is 130 Å². The van der Waals surface area contributed by atoms with Crippen LogP contribution in [-0.2, 0) is 20.0 Å². The van der Waals surface area contributed by atoms with Gasteiger partial charge in [0, 0.05) is 30.5 Å². The summed E-state index contributed by atoms with van der Waals surface area (Å²) in [6, 6.07) is 1.34. The predicted octanol–water partition coefficient (Wildman–Crippen LogP) is 1.81. The Morgan fingerprint density at radius 1 is 1.14 bits per heavy atom. The highest BCUT2D eigenvalue weighted by molar-refractivity contribution is 7.91. The Morgan fingerprint density at radius 3 is 2.32 bits per heavy atom. The molecular formula is C18H30N4O5S. The van der Waals surface area contributed by atoms with Gasteiger partial charge < -0.3 is 15.2 Å². The van der Waals surface area contributed by atoms with Crippen LogP contribution in [0, 0.1) is 5.92 Å². The molecule has 2 heterocycles. The number of nitrogens with one attached hydrogen (secondary N) is 3. The molecule has 1 aromatic heterocycles. The normalized spacial score (nSPS) is 17.1. The van der Waals surface area contributed by atoms with Crippen LogP contribution in [0.2, 0.25) is 0 Å². The largest absolute Gasteiger partial charge is 0.359 e. The number of unbranched alkanes of at least 4 members (excludes halogenated alkanes) is 1. The number of aromatic nitrogens is 1. The van der Waals surface area contributed by atoms with Crippen molar-refractivity contribution in [3.63, 3.8) is 0 Å². The summed E-state index contributed by atoms with van der Waals surface area (Å²) >= 11 is 0. The van der Waals surface area contributed by atoms with Crippen LogP contribution in [0.5, 0.6) is 0 Å². The van der Waals surface area contributed by atoms with Gasteiger partial charge in [-0.05, 0) is 25.7 Å². The highest BCUT2D eigenvalue weighted by atomic mass is 32.2. The number of urea groups is 1. The van der Waals surface area contributed by atoms with E-state index in [1.807, 2.05) is 20.8 Å². The minimum atomic E-state index is -2.96. The molecule has 0 aromatic carbocycles. The summed E-state index contributed by atoms with van der Waals surface area (Å²) in [4.78, 5) is 23.9. The zero-order valence-corrected chi connectivity index (χ0v) is 17.5. The Balaban J connectivity index is 1.56. The smallest absolute Gasteiger partial charge is 0.320 e. The van der Waals surface area contributed by atoms with E-state index in [0.717, 1.165) is 6.42 Å². The summed E-state index contributed by atoms with van der Waals surface area (Å²) in [5, 5.41) is 12.0. The summed E-state index contributed by atoms with van der Waals surface area (Å²) in [5.74, 6) is 0.937. The van der Waals surface area contributed by atoms with Crippen molar-refractivity contribution in [1.29, 1.82) is 0 Å². The van der Waals surface area contributed by atoms with Gasteiger partial charge in [0.15, 0.2) is 5.82 Å². The molecule has 0 bridgehead atoms. The second-order valence-corrected chi connectivity index (χ2v) is 10.4. The lowest BCUT2D eigenvalue weighted by atomic mass is 9.93. The Labute approximate surface area is 165 Å². The number of nitrogens with zero attached hydrogens (tertiary/aromatic N) is 1. The number of amides is 3. The maximum Gasteiger partial charge on any atom is 0.320 e. The third kappa shape index (κ3) is 7.14. The first kappa shape index (κ1) is 22.2.